The highest BCUT2D eigenvalue weighted by Crippen LogP contribution is 2.41. The number of carboxylic acid groups (broad SMARTS) is 1. The Kier molecular flexibility index (Phi) is 3.50. The number of hydrogen-bond acceptors (Lipinski definition) is 5. The minimum atomic E-state index is -1.11. The van der Waals surface area contributed by atoms with Crippen LogP contribution in [0.15, 0.2) is 15.9 Å². The molecule has 3 rings (SSSR count). The van der Waals surface area contributed by atoms with E-state index in [0.717, 1.165) is 17.8 Å². The Balaban J connectivity index is 1.62. The lowest BCUT2D eigenvalue weighted by molar-refractivity contribution is 0.0659. The van der Waals surface area contributed by atoms with Crippen LogP contribution in [-0.2, 0) is 6.54 Å². The molecule has 1 saturated carbocycles. The van der Waals surface area contributed by atoms with Crippen molar-refractivity contribution in [2.75, 3.05) is 0 Å². The number of aromatic carboxylic acids is 1. The average molecular weight is 306 g/mol. The van der Waals surface area contributed by atoms with E-state index in [1.54, 1.807) is 18.4 Å². The number of carbonyl (C=O) groups is 2. The summed E-state index contributed by atoms with van der Waals surface area (Å²) in [4.78, 5) is 27.2. The van der Waals surface area contributed by atoms with Gasteiger partial charge in [0.15, 0.2) is 0 Å². The summed E-state index contributed by atoms with van der Waals surface area (Å²) >= 11 is 1.51. The fourth-order valence-corrected chi connectivity index (χ4v) is 2.99. The number of amides is 1. The molecule has 0 spiro atoms. The normalized spacial score (nSPS) is 14.1. The fraction of sp³-hybridized carbons (Fsp3) is 0.357. The molecule has 1 aliphatic rings. The monoisotopic (exact) mass is 306 g/mol. The number of nitrogens with zero attached hydrogens (tertiary/aromatic N) is 1. The van der Waals surface area contributed by atoms with Gasteiger partial charge < -0.3 is 14.8 Å². The first-order valence-electron chi connectivity index (χ1n) is 6.61. The number of aryl methyl sites for hydroxylation is 1. The van der Waals surface area contributed by atoms with Gasteiger partial charge in [-0.3, -0.25) is 4.79 Å². The van der Waals surface area contributed by atoms with Crippen LogP contribution in [0.2, 0.25) is 0 Å². The number of hydrogen-bond donors (Lipinski definition) is 2. The predicted octanol–water partition coefficient (Wildman–Crippen LogP) is 2.55. The smallest absolute Gasteiger partial charge is 0.372 e. The molecule has 7 heteroatoms. The Morgan fingerprint density at radius 3 is 2.90 bits per heavy atom. The summed E-state index contributed by atoms with van der Waals surface area (Å²) in [6.07, 6.45) is 2.30. The maximum absolute atomic E-state index is 12.0. The molecule has 6 nitrogen and oxygen atoms in total. The average Bonchev–Trinajstić information content (AvgIpc) is 3.05. The Bertz CT molecular complexity index is 700. The maximum atomic E-state index is 12.0. The second-order valence-electron chi connectivity index (χ2n) is 5.06. The van der Waals surface area contributed by atoms with Crippen molar-refractivity contribution in [1.29, 1.82) is 0 Å². The zero-order valence-electron chi connectivity index (χ0n) is 11.4. The standard InChI is InChI=1S/C14H14N2O4S/c1-7-4-9(20-11(7)14(18)19)5-15-12(17)10-6-21-13(16-10)8-2-3-8/h4,6,8H,2-3,5H2,1H3,(H,15,17)(H,18,19). The Morgan fingerprint density at radius 2 is 2.29 bits per heavy atom. The van der Waals surface area contributed by atoms with Crippen molar-refractivity contribution in [3.63, 3.8) is 0 Å². The number of aromatic nitrogens is 1. The van der Waals surface area contributed by atoms with Crippen molar-refractivity contribution in [2.24, 2.45) is 0 Å². The van der Waals surface area contributed by atoms with Gasteiger partial charge in [0.2, 0.25) is 5.76 Å². The summed E-state index contributed by atoms with van der Waals surface area (Å²) in [7, 11) is 0. The van der Waals surface area contributed by atoms with Gasteiger partial charge in [-0.2, -0.15) is 0 Å². The number of thiazole rings is 1. The molecule has 0 bridgehead atoms. The molecule has 1 fully saturated rings. The molecule has 2 heterocycles. The Hall–Kier alpha value is -2.15. The molecular formula is C14H14N2O4S. The second-order valence-corrected chi connectivity index (χ2v) is 5.95. The van der Waals surface area contributed by atoms with Crippen molar-refractivity contribution in [1.82, 2.24) is 10.3 Å². The first kappa shape index (κ1) is 13.8. The first-order valence-corrected chi connectivity index (χ1v) is 7.49. The van der Waals surface area contributed by atoms with E-state index < -0.39 is 5.97 Å². The lowest BCUT2D eigenvalue weighted by atomic mass is 10.2. The molecule has 0 aromatic carbocycles. The third kappa shape index (κ3) is 2.97. The zero-order valence-corrected chi connectivity index (χ0v) is 12.2. The molecule has 110 valence electrons. The van der Waals surface area contributed by atoms with Crippen LogP contribution in [-0.4, -0.2) is 22.0 Å². The van der Waals surface area contributed by atoms with Crippen LogP contribution < -0.4 is 5.32 Å². The number of nitrogens with one attached hydrogen (secondary N) is 1. The fourth-order valence-electron chi connectivity index (χ4n) is 2.02. The summed E-state index contributed by atoms with van der Waals surface area (Å²) in [6.45, 7) is 1.80. The van der Waals surface area contributed by atoms with Gasteiger partial charge in [-0.05, 0) is 25.8 Å². The van der Waals surface area contributed by atoms with E-state index in [1.165, 1.54) is 11.3 Å². The van der Waals surface area contributed by atoms with Gasteiger partial charge in [-0.15, -0.1) is 11.3 Å². The van der Waals surface area contributed by atoms with Gasteiger partial charge in [0.1, 0.15) is 11.5 Å². The summed E-state index contributed by atoms with van der Waals surface area (Å²) in [5, 5.41) is 14.4. The highest BCUT2D eigenvalue weighted by molar-refractivity contribution is 7.10. The molecule has 0 unspecified atom stereocenters. The third-order valence-corrected chi connectivity index (χ3v) is 4.27. The van der Waals surface area contributed by atoms with E-state index >= 15 is 0 Å². The number of carboxylic acids is 1. The molecule has 2 N–H and O–H groups in total. The third-order valence-electron chi connectivity index (χ3n) is 3.27. The Labute approximate surface area is 124 Å². The minimum absolute atomic E-state index is 0.0936. The minimum Gasteiger partial charge on any atom is -0.475 e. The lowest BCUT2D eigenvalue weighted by Gasteiger charge is -2.00. The molecule has 1 amide bonds. The molecular weight excluding hydrogens is 292 g/mol. The van der Waals surface area contributed by atoms with Gasteiger partial charge in [-0.25, -0.2) is 9.78 Å². The first-order chi connectivity index (χ1) is 10.0. The van der Waals surface area contributed by atoms with Gasteiger partial charge in [0.25, 0.3) is 5.91 Å². The van der Waals surface area contributed by atoms with E-state index in [-0.39, 0.29) is 18.2 Å². The number of rotatable bonds is 5. The summed E-state index contributed by atoms with van der Waals surface area (Å²) in [6, 6.07) is 1.61. The van der Waals surface area contributed by atoms with E-state index in [4.69, 9.17) is 9.52 Å². The SMILES string of the molecule is Cc1cc(CNC(=O)c2csc(C3CC3)n2)oc1C(=O)O. The lowest BCUT2D eigenvalue weighted by Crippen LogP contribution is -2.22. The van der Waals surface area contributed by atoms with Crippen molar-refractivity contribution < 1.29 is 19.1 Å². The van der Waals surface area contributed by atoms with Crippen molar-refractivity contribution in [3.05, 3.63) is 39.2 Å². The second kappa shape index (κ2) is 5.33. The topological polar surface area (TPSA) is 92.4 Å². The number of furan rings is 1. The van der Waals surface area contributed by atoms with E-state index in [2.05, 4.69) is 10.3 Å². The van der Waals surface area contributed by atoms with Crippen LogP contribution in [0.25, 0.3) is 0 Å². The zero-order chi connectivity index (χ0) is 15.0. The van der Waals surface area contributed by atoms with E-state index in [9.17, 15) is 9.59 Å². The van der Waals surface area contributed by atoms with E-state index in [0.29, 0.717) is 22.9 Å². The molecule has 0 saturated heterocycles. The van der Waals surface area contributed by atoms with Crippen molar-refractivity contribution in [3.8, 4) is 0 Å². The van der Waals surface area contributed by atoms with Crippen molar-refractivity contribution >= 4 is 23.2 Å². The van der Waals surface area contributed by atoms with Crippen molar-refractivity contribution in [2.45, 2.75) is 32.2 Å². The predicted molar refractivity (Wildman–Crippen MR) is 75.7 cm³/mol. The maximum Gasteiger partial charge on any atom is 0.372 e. The largest absolute Gasteiger partial charge is 0.475 e. The summed E-state index contributed by atoms with van der Waals surface area (Å²) in [5.41, 5.74) is 0.945. The molecule has 2 aromatic heterocycles. The van der Waals surface area contributed by atoms with Gasteiger partial charge in [0, 0.05) is 16.9 Å². The van der Waals surface area contributed by atoms with Crippen LogP contribution in [0.5, 0.6) is 0 Å². The molecule has 21 heavy (non-hydrogen) atoms. The van der Waals surface area contributed by atoms with E-state index in [1.807, 2.05) is 0 Å². The Morgan fingerprint density at radius 1 is 1.52 bits per heavy atom. The van der Waals surface area contributed by atoms with Crippen LogP contribution in [0.1, 0.15) is 56.1 Å². The van der Waals surface area contributed by atoms with Crippen LogP contribution in [0.3, 0.4) is 0 Å². The van der Waals surface area contributed by atoms with Gasteiger partial charge in [-0.1, -0.05) is 0 Å². The highest BCUT2D eigenvalue weighted by Gasteiger charge is 2.27. The van der Waals surface area contributed by atoms with Gasteiger partial charge >= 0.3 is 5.97 Å². The van der Waals surface area contributed by atoms with Crippen LogP contribution in [0.4, 0.5) is 0 Å². The highest BCUT2D eigenvalue weighted by atomic mass is 32.1. The quantitative estimate of drug-likeness (QED) is 0.885. The van der Waals surface area contributed by atoms with Crippen LogP contribution >= 0.6 is 11.3 Å². The number of carbonyl (C=O) groups excluding carboxylic acids is 1. The summed E-state index contributed by atoms with van der Waals surface area (Å²) < 4.78 is 5.18. The summed E-state index contributed by atoms with van der Waals surface area (Å²) in [5.74, 6) is -0.537. The molecule has 1 aliphatic carbocycles. The molecule has 0 aliphatic heterocycles. The van der Waals surface area contributed by atoms with Gasteiger partial charge in [0.05, 0.1) is 11.6 Å². The van der Waals surface area contributed by atoms with Crippen LogP contribution in [0, 0.1) is 6.92 Å². The molecule has 2 aromatic rings. The molecule has 0 atom stereocenters. The molecule has 0 radical (unpaired) electrons.